The van der Waals surface area contributed by atoms with E-state index in [0.29, 0.717) is 36.6 Å². The number of rotatable bonds is 6. The number of amides is 1. The van der Waals surface area contributed by atoms with Crippen LogP contribution in [-0.2, 0) is 9.59 Å². The van der Waals surface area contributed by atoms with E-state index in [1.165, 1.54) is 26.2 Å². The second-order valence-corrected chi connectivity index (χ2v) is 4.78. The number of likely N-dealkylation sites (tertiary alicyclic amines) is 1. The van der Waals surface area contributed by atoms with E-state index in [2.05, 4.69) is 0 Å². The van der Waals surface area contributed by atoms with Crippen molar-refractivity contribution in [2.45, 2.75) is 18.9 Å². The molecule has 0 saturated carbocycles. The van der Waals surface area contributed by atoms with Crippen molar-refractivity contribution in [2.75, 3.05) is 27.9 Å². The van der Waals surface area contributed by atoms with Crippen molar-refractivity contribution in [1.29, 1.82) is 0 Å². The highest BCUT2D eigenvalue weighted by Crippen LogP contribution is 2.41. The summed E-state index contributed by atoms with van der Waals surface area (Å²) in [4.78, 5) is 24.6. The Morgan fingerprint density at radius 1 is 1.18 bits per heavy atom. The number of hydrogen-bond donors (Lipinski definition) is 0. The van der Waals surface area contributed by atoms with Crippen molar-refractivity contribution in [3.63, 3.8) is 0 Å². The number of carbonyl (C=O) groups excluding carboxylic acids is 2. The Morgan fingerprint density at radius 2 is 1.82 bits per heavy atom. The van der Waals surface area contributed by atoms with Crippen LogP contribution in [0.4, 0.5) is 0 Å². The van der Waals surface area contributed by atoms with Crippen molar-refractivity contribution in [2.24, 2.45) is 0 Å². The van der Waals surface area contributed by atoms with E-state index in [1.54, 1.807) is 12.1 Å². The third kappa shape index (κ3) is 3.08. The van der Waals surface area contributed by atoms with Crippen LogP contribution in [0.25, 0.3) is 0 Å². The Morgan fingerprint density at radius 3 is 2.32 bits per heavy atom. The van der Waals surface area contributed by atoms with Gasteiger partial charge < -0.3 is 23.8 Å². The summed E-state index contributed by atoms with van der Waals surface area (Å²) in [7, 11) is 4.45. The average molecular weight is 309 g/mol. The van der Waals surface area contributed by atoms with E-state index in [9.17, 15) is 9.59 Å². The molecule has 1 aromatic rings. The third-order valence-corrected chi connectivity index (χ3v) is 3.56. The summed E-state index contributed by atoms with van der Waals surface area (Å²) < 4.78 is 21.0. The predicted octanol–water partition coefficient (Wildman–Crippen LogP) is 1.24. The predicted molar refractivity (Wildman–Crippen MR) is 77.5 cm³/mol. The van der Waals surface area contributed by atoms with Gasteiger partial charge in [0.2, 0.25) is 12.2 Å². The molecule has 1 atom stereocenters. The third-order valence-electron chi connectivity index (χ3n) is 3.56. The molecular weight excluding hydrogens is 290 g/mol. The van der Waals surface area contributed by atoms with E-state index < -0.39 is 12.0 Å². The van der Waals surface area contributed by atoms with Gasteiger partial charge in [0.1, 0.15) is 11.8 Å². The first-order valence-electron chi connectivity index (χ1n) is 6.87. The van der Waals surface area contributed by atoms with Crippen molar-refractivity contribution in [3.8, 4) is 23.0 Å². The zero-order valence-electron chi connectivity index (χ0n) is 12.8. The maximum Gasteiger partial charge on any atom is 0.334 e. The summed E-state index contributed by atoms with van der Waals surface area (Å²) >= 11 is 0. The summed E-state index contributed by atoms with van der Waals surface area (Å²) in [5.41, 5.74) is 0. The first-order chi connectivity index (χ1) is 10.6. The average Bonchev–Trinajstić information content (AvgIpc) is 3.02. The molecule has 0 aliphatic carbocycles. The molecular formula is C15H19NO6. The Labute approximate surface area is 128 Å². The lowest BCUT2D eigenvalue weighted by Crippen LogP contribution is -2.37. The molecule has 1 unspecified atom stereocenters. The first kappa shape index (κ1) is 15.9. The van der Waals surface area contributed by atoms with E-state index >= 15 is 0 Å². The molecule has 0 bridgehead atoms. The summed E-state index contributed by atoms with van der Waals surface area (Å²) in [5, 5.41) is 0. The van der Waals surface area contributed by atoms with Crippen molar-refractivity contribution >= 4 is 12.4 Å². The van der Waals surface area contributed by atoms with Gasteiger partial charge in [-0.2, -0.15) is 0 Å². The standard InChI is InChI=1S/C15H19NO6/c1-19-12-7-10(8-13(20-2)14(12)21-3)22-15(18)11-5-4-6-16(11)9-17/h7-9,11H,4-6H2,1-3H3. The van der Waals surface area contributed by atoms with Gasteiger partial charge in [-0.3, -0.25) is 4.79 Å². The van der Waals surface area contributed by atoms with Crippen molar-refractivity contribution in [3.05, 3.63) is 12.1 Å². The van der Waals surface area contributed by atoms with Gasteiger partial charge in [0, 0.05) is 18.7 Å². The fourth-order valence-corrected chi connectivity index (χ4v) is 2.47. The largest absolute Gasteiger partial charge is 0.493 e. The number of carbonyl (C=O) groups is 2. The Kier molecular flexibility index (Phi) is 5.08. The van der Waals surface area contributed by atoms with Gasteiger partial charge in [-0.05, 0) is 12.8 Å². The second kappa shape index (κ2) is 7.02. The van der Waals surface area contributed by atoms with Gasteiger partial charge in [0.05, 0.1) is 21.3 Å². The molecule has 1 aromatic carbocycles. The molecule has 22 heavy (non-hydrogen) atoms. The number of esters is 1. The number of methoxy groups -OCH3 is 3. The van der Waals surface area contributed by atoms with Gasteiger partial charge >= 0.3 is 5.97 Å². The van der Waals surface area contributed by atoms with E-state index in [4.69, 9.17) is 18.9 Å². The van der Waals surface area contributed by atoms with Crippen LogP contribution in [0.1, 0.15) is 12.8 Å². The fourth-order valence-electron chi connectivity index (χ4n) is 2.47. The van der Waals surface area contributed by atoms with Gasteiger partial charge in [-0.15, -0.1) is 0 Å². The highest BCUT2D eigenvalue weighted by molar-refractivity contribution is 5.81. The molecule has 2 rings (SSSR count). The Balaban J connectivity index is 2.22. The molecule has 1 aliphatic rings. The molecule has 1 saturated heterocycles. The molecule has 7 heteroatoms. The van der Waals surface area contributed by atoms with Crippen LogP contribution >= 0.6 is 0 Å². The molecule has 0 aromatic heterocycles. The molecule has 0 radical (unpaired) electrons. The van der Waals surface area contributed by atoms with Crippen LogP contribution in [0.2, 0.25) is 0 Å². The minimum absolute atomic E-state index is 0.275. The smallest absolute Gasteiger partial charge is 0.334 e. The highest BCUT2D eigenvalue weighted by atomic mass is 16.5. The van der Waals surface area contributed by atoms with Crippen LogP contribution in [0, 0.1) is 0 Å². The quantitative estimate of drug-likeness (QED) is 0.447. The molecule has 1 heterocycles. The summed E-state index contributed by atoms with van der Waals surface area (Å²) in [5.74, 6) is 1.00. The Bertz CT molecular complexity index is 534. The van der Waals surface area contributed by atoms with Gasteiger partial charge in [-0.1, -0.05) is 0 Å². The van der Waals surface area contributed by atoms with Crippen molar-refractivity contribution in [1.82, 2.24) is 4.90 Å². The van der Waals surface area contributed by atoms with Crippen LogP contribution in [0.3, 0.4) is 0 Å². The maximum absolute atomic E-state index is 12.2. The van der Waals surface area contributed by atoms with Crippen LogP contribution in [0.15, 0.2) is 12.1 Å². The first-order valence-corrected chi connectivity index (χ1v) is 6.87. The molecule has 7 nitrogen and oxygen atoms in total. The lowest BCUT2D eigenvalue weighted by atomic mass is 10.2. The number of benzene rings is 1. The van der Waals surface area contributed by atoms with Crippen LogP contribution in [0.5, 0.6) is 23.0 Å². The monoisotopic (exact) mass is 309 g/mol. The van der Waals surface area contributed by atoms with Crippen LogP contribution < -0.4 is 18.9 Å². The molecule has 1 amide bonds. The van der Waals surface area contributed by atoms with E-state index in [-0.39, 0.29) is 5.75 Å². The minimum Gasteiger partial charge on any atom is -0.493 e. The molecule has 120 valence electrons. The molecule has 1 aliphatic heterocycles. The van der Waals surface area contributed by atoms with Gasteiger partial charge in [-0.25, -0.2) is 4.79 Å². The Hall–Kier alpha value is -2.44. The van der Waals surface area contributed by atoms with Gasteiger partial charge in [0.25, 0.3) is 0 Å². The highest BCUT2D eigenvalue weighted by Gasteiger charge is 2.31. The SMILES string of the molecule is COc1cc(OC(=O)C2CCCN2C=O)cc(OC)c1OC. The topological polar surface area (TPSA) is 74.3 Å². The second-order valence-electron chi connectivity index (χ2n) is 4.78. The number of hydrogen-bond acceptors (Lipinski definition) is 6. The molecule has 1 fully saturated rings. The van der Waals surface area contributed by atoms with E-state index in [1.807, 2.05) is 0 Å². The normalized spacial score (nSPS) is 17.0. The number of ether oxygens (including phenoxy) is 4. The zero-order chi connectivity index (χ0) is 16.1. The maximum atomic E-state index is 12.2. The van der Waals surface area contributed by atoms with E-state index in [0.717, 1.165) is 6.42 Å². The number of nitrogens with zero attached hydrogens (tertiary/aromatic N) is 1. The van der Waals surface area contributed by atoms with Gasteiger partial charge in [0.15, 0.2) is 11.5 Å². The molecule has 0 N–H and O–H groups in total. The summed E-state index contributed by atoms with van der Waals surface area (Å²) in [6.07, 6.45) is 2.06. The molecule has 0 spiro atoms. The lowest BCUT2D eigenvalue weighted by Gasteiger charge is -2.19. The fraction of sp³-hybridized carbons (Fsp3) is 0.467. The van der Waals surface area contributed by atoms with Crippen molar-refractivity contribution < 1.29 is 28.5 Å². The van der Waals surface area contributed by atoms with Crippen LogP contribution in [-0.4, -0.2) is 51.2 Å². The lowest BCUT2D eigenvalue weighted by molar-refractivity contribution is -0.142. The zero-order valence-corrected chi connectivity index (χ0v) is 12.8. The summed E-state index contributed by atoms with van der Waals surface area (Å²) in [6.45, 7) is 0.568. The minimum atomic E-state index is -0.545. The summed E-state index contributed by atoms with van der Waals surface area (Å²) in [6, 6.07) is 2.54.